The number of anilines is 1. The number of nitrogens with one attached hydrogen (secondary N) is 1. The third-order valence-corrected chi connectivity index (χ3v) is 4.08. The fraction of sp³-hybridized carbons (Fsp3) is 0.357. The molecule has 1 atom stereocenters. The van der Waals surface area contributed by atoms with Crippen molar-refractivity contribution >= 4 is 33.8 Å². The first-order chi connectivity index (χ1) is 10.6. The minimum Gasteiger partial charge on any atom is -0.368 e. The van der Waals surface area contributed by atoms with Gasteiger partial charge in [-0.25, -0.2) is 9.97 Å². The fourth-order valence-corrected chi connectivity index (χ4v) is 3.13. The normalized spacial score (nSPS) is 18.4. The van der Waals surface area contributed by atoms with Gasteiger partial charge in [0.2, 0.25) is 5.91 Å². The maximum absolute atomic E-state index is 11.7. The number of H-pyrrole nitrogens is 1. The van der Waals surface area contributed by atoms with E-state index in [-0.39, 0.29) is 11.9 Å². The van der Waals surface area contributed by atoms with Gasteiger partial charge in [0.25, 0.3) is 0 Å². The number of hydrogen-bond acceptors (Lipinski definition) is 6. The highest BCUT2D eigenvalue weighted by molar-refractivity contribution is 6.08. The Hall–Kier alpha value is -2.77. The fourth-order valence-electron chi connectivity index (χ4n) is 3.13. The number of nitrogens with zero attached hydrogens (tertiary/aromatic N) is 5. The van der Waals surface area contributed by atoms with Crippen molar-refractivity contribution in [2.24, 2.45) is 5.73 Å². The van der Waals surface area contributed by atoms with Crippen LogP contribution in [0.4, 0.5) is 5.82 Å². The maximum atomic E-state index is 11.7. The van der Waals surface area contributed by atoms with Crippen LogP contribution in [0.1, 0.15) is 18.7 Å². The monoisotopic (exact) mass is 297 g/mol. The van der Waals surface area contributed by atoms with Gasteiger partial charge in [-0.15, -0.1) is 10.2 Å². The molecule has 0 spiro atoms. The molecule has 8 nitrogen and oxygen atoms in total. The van der Waals surface area contributed by atoms with E-state index in [1.54, 1.807) is 6.20 Å². The second kappa shape index (κ2) is 4.62. The van der Waals surface area contributed by atoms with Crippen molar-refractivity contribution < 1.29 is 4.79 Å². The summed E-state index contributed by atoms with van der Waals surface area (Å²) in [6.07, 6.45) is 3.35. The van der Waals surface area contributed by atoms with Crippen LogP contribution in [0.5, 0.6) is 0 Å². The van der Waals surface area contributed by atoms with Crippen LogP contribution in [0.2, 0.25) is 0 Å². The molecule has 1 aliphatic rings. The van der Waals surface area contributed by atoms with E-state index in [0.717, 1.165) is 36.0 Å². The summed E-state index contributed by atoms with van der Waals surface area (Å²) in [6, 6.07) is 1.55. The molecule has 0 radical (unpaired) electrons. The largest absolute Gasteiger partial charge is 0.368 e. The second-order valence-electron chi connectivity index (χ2n) is 5.51. The van der Waals surface area contributed by atoms with Crippen LogP contribution in [0, 0.1) is 6.92 Å². The molecule has 0 aromatic carbocycles. The number of aryl methyl sites for hydroxylation is 1. The zero-order valence-electron chi connectivity index (χ0n) is 12.1. The highest BCUT2D eigenvalue weighted by Gasteiger charge is 2.32. The quantitative estimate of drug-likeness (QED) is 0.718. The molecule has 4 heterocycles. The number of nitrogens with two attached hydrogens (primary N) is 1. The van der Waals surface area contributed by atoms with Crippen molar-refractivity contribution in [3.8, 4) is 0 Å². The van der Waals surface area contributed by atoms with E-state index in [9.17, 15) is 4.79 Å². The molecule has 0 aliphatic carbocycles. The summed E-state index contributed by atoms with van der Waals surface area (Å²) >= 11 is 0. The van der Waals surface area contributed by atoms with Crippen LogP contribution in [-0.4, -0.2) is 43.6 Å². The Kier molecular flexibility index (Phi) is 2.72. The predicted molar refractivity (Wildman–Crippen MR) is 81.3 cm³/mol. The number of aromatic nitrogens is 5. The lowest BCUT2D eigenvalue weighted by Gasteiger charge is -2.24. The van der Waals surface area contributed by atoms with Gasteiger partial charge < -0.3 is 15.6 Å². The number of primary amides is 1. The summed E-state index contributed by atoms with van der Waals surface area (Å²) in [5.41, 5.74) is 6.75. The molecule has 0 bridgehead atoms. The Balaban J connectivity index is 2.03. The van der Waals surface area contributed by atoms with Crippen molar-refractivity contribution in [1.82, 2.24) is 25.1 Å². The smallest absolute Gasteiger partial charge is 0.240 e. The lowest BCUT2D eigenvalue weighted by molar-refractivity contribution is -0.119. The Morgan fingerprint density at radius 1 is 1.45 bits per heavy atom. The van der Waals surface area contributed by atoms with Crippen molar-refractivity contribution in [3.63, 3.8) is 0 Å². The minimum atomic E-state index is -0.330. The topological polar surface area (TPSA) is 114 Å². The molecule has 0 saturated carbocycles. The second-order valence-corrected chi connectivity index (χ2v) is 5.51. The van der Waals surface area contributed by atoms with Gasteiger partial charge in [-0.2, -0.15) is 0 Å². The first kappa shape index (κ1) is 12.9. The van der Waals surface area contributed by atoms with Gasteiger partial charge in [0.05, 0.1) is 5.39 Å². The summed E-state index contributed by atoms with van der Waals surface area (Å²) in [4.78, 5) is 25.6. The number of rotatable bonds is 2. The SMILES string of the molecule is Cc1nc(N2CCCC2C(N)=O)c2c(nnc3nccc32)[nH]1. The van der Waals surface area contributed by atoms with Gasteiger partial charge in [0, 0.05) is 18.1 Å². The summed E-state index contributed by atoms with van der Waals surface area (Å²) in [6.45, 7) is 2.60. The Labute approximate surface area is 125 Å². The standard InChI is InChI=1S/C14H15N7O/c1-7-17-13-10(8-4-5-16-12(8)19-20-13)14(18-7)21-6-2-3-9(21)11(15)22/h4-5,9H,2-3,6H2,1H3,(H2,15,22)(H,17,18,20). The van der Waals surface area contributed by atoms with Crippen LogP contribution in [0.3, 0.4) is 0 Å². The van der Waals surface area contributed by atoms with Crippen molar-refractivity contribution in [3.05, 3.63) is 18.1 Å². The first-order valence-electron chi connectivity index (χ1n) is 7.19. The van der Waals surface area contributed by atoms with Gasteiger partial charge in [0.15, 0.2) is 11.3 Å². The van der Waals surface area contributed by atoms with Crippen LogP contribution < -0.4 is 10.6 Å². The average molecular weight is 297 g/mol. The number of fused-ring (bicyclic) bond motifs is 3. The van der Waals surface area contributed by atoms with Crippen LogP contribution in [0.15, 0.2) is 12.3 Å². The van der Waals surface area contributed by atoms with Crippen molar-refractivity contribution in [2.45, 2.75) is 25.8 Å². The predicted octanol–water partition coefficient (Wildman–Crippen LogP) is 0.664. The van der Waals surface area contributed by atoms with E-state index in [1.165, 1.54) is 0 Å². The Bertz CT molecular complexity index is 887. The number of carbonyl (C=O) groups excluding carboxylic acids is 1. The summed E-state index contributed by atoms with van der Waals surface area (Å²) in [7, 11) is 0. The van der Waals surface area contributed by atoms with E-state index >= 15 is 0 Å². The highest BCUT2D eigenvalue weighted by atomic mass is 16.1. The molecular formula is C14H15N7O. The summed E-state index contributed by atoms with van der Waals surface area (Å²) < 4.78 is 0. The molecule has 3 aromatic heterocycles. The molecule has 1 amide bonds. The van der Waals surface area contributed by atoms with Crippen molar-refractivity contribution in [1.29, 1.82) is 0 Å². The molecule has 3 aromatic rings. The van der Waals surface area contributed by atoms with E-state index < -0.39 is 0 Å². The third-order valence-electron chi connectivity index (χ3n) is 4.08. The van der Waals surface area contributed by atoms with Crippen LogP contribution in [0.25, 0.3) is 22.1 Å². The van der Waals surface area contributed by atoms with Crippen molar-refractivity contribution in [2.75, 3.05) is 11.4 Å². The molecule has 22 heavy (non-hydrogen) atoms. The van der Waals surface area contributed by atoms with Gasteiger partial charge in [-0.3, -0.25) is 4.79 Å². The van der Waals surface area contributed by atoms with Gasteiger partial charge in [-0.05, 0) is 25.8 Å². The third kappa shape index (κ3) is 1.80. The zero-order chi connectivity index (χ0) is 15.3. The van der Waals surface area contributed by atoms with Gasteiger partial charge >= 0.3 is 0 Å². The van der Waals surface area contributed by atoms with Crippen LogP contribution in [-0.2, 0) is 4.79 Å². The minimum absolute atomic E-state index is 0.322. The summed E-state index contributed by atoms with van der Waals surface area (Å²) in [5, 5.41) is 10.0. The molecule has 1 aliphatic heterocycles. The van der Waals surface area contributed by atoms with E-state index in [1.807, 2.05) is 17.9 Å². The number of hydrogen-bond donors (Lipinski definition) is 2. The average Bonchev–Trinajstić information content (AvgIpc) is 3.14. The number of amides is 1. The lowest BCUT2D eigenvalue weighted by atomic mass is 10.2. The van der Waals surface area contributed by atoms with E-state index in [2.05, 4.69) is 25.1 Å². The zero-order valence-corrected chi connectivity index (χ0v) is 12.1. The van der Waals surface area contributed by atoms with Gasteiger partial charge in [0.1, 0.15) is 17.7 Å². The molecular weight excluding hydrogens is 282 g/mol. The highest BCUT2D eigenvalue weighted by Crippen LogP contribution is 2.33. The lowest BCUT2D eigenvalue weighted by Crippen LogP contribution is -2.41. The molecule has 8 heteroatoms. The number of aromatic amines is 1. The molecule has 1 unspecified atom stereocenters. The molecule has 3 N–H and O–H groups in total. The Morgan fingerprint density at radius 3 is 3.14 bits per heavy atom. The van der Waals surface area contributed by atoms with Gasteiger partial charge in [-0.1, -0.05) is 0 Å². The molecule has 1 saturated heterocycles. The molecule has 112 valence electrons. The maximum Gasteiger partial charge on any atom is 0.240 e. The van der Waals surface area contributed by atoms with Crippen LogP contribution >= 0.6 is 0 Å². The van der Waals surface area contributed by atoms with E-state index in [4.69, 9.17) is 5.73 Å². The number of carbonyl (C=O) groups is 1. The van der Waals surface area contributed by atoms with E-state index in [0.29, 0.717) is 17.1 Å². The summed E-state index contributed by atoms with van der Waals surface area (Å²) in [5.74, 6) is 1.11. The molecule has 4 rings (SSSR count). The molecule has 1 fully saturated rings. The Morgan fingerprint density at radius 2 is 2.32 bits per heavy atom. The first-order valence-corrected chi connectivity index (χ1v) is 7.19.